The van der Waals surface area contributed by atoms with Gasteiger partial charge in [0.05, 0.1) is 7.11 Å². The molecule has 0 saturated carbocycles. The van der Waals surface area contributed by atoms with Crippen LogP contribution in [-0.4, -0.2) is 18.8 Å². The number of aliphatic hydroxyl groups is 1. The highest BCUT2D eigenvalue weighted by Gasteiger charge is 2.14. The maximum absolute atomic E-state index is 13.4. The number of alkyl halides is 1. The molecule has 0 spiro atoms. The first-order chi connectivity index (χ1) is 7.20. The lowest BCUT2D eigenvalue weighted by Crippen LogP contribution is -2.00. The molecule has 1 aromatic rings. The summed E-state index contributed by atoms with van der Waals surface area (Å²) in [5.41, 5.74) is 1.52. The van der Waals surface area contributed by atoms with Crippen molar-refractivity contribution in [2.75, 3.05) is 13.7 Å². The summed E-state index contributed by atoms with van der Waals surface area (Å²) in [5, 5.41) is 8.76. The highest BCUT2D eigenvalue weighted by atomic mass is 19.1. The summed E-state index contributed by atoms with van der Waals surface area (Å²) >= 11 is 0. The minimum atomic E-state index is -1.05. The molecule has 15 heavy (non-hydrogen) atoms. The van der Waals surface area contributed by atoms with Crippen molar-refractivity contribution in [3.63, 3.8) is 0 Å². The SMILES string of the molecule is COc1cccc(CCCO)c1C(C)F. The first kappa shape index (κ1) is 12.0. The molecule has 0 aliphatic rings. The third-order valence-corrected chi connectivity index (χ3v) is 2.38. The van der Waals surface area contributed by atoms with Crippen LogP contribution in [0.2, 0.25) is 0 Å². The molecule has 0 saturated heterocycles. The molecule has 1 N–H and O–H groups in total. The zero-order valence-corrected chi connectivity index (χ0v) is 9.16. The van der Waals surface area contributed by atoms with Gasteiger partial charge in [0, 0.05) is 12.2 Å². The topological polar surface area (TPSA) is 29.5 Å². The highest BCUT2D eigenvalue weighted by Crippen LogP contribution is 2.31. The van der Waals surface area contributed by atoms with Crippen LogP contribution in [0.15, 0.2) is 18.2 Å². The molecule has 0 aliphatic carbocycles. The predicted octanol–water partition coefficient (Wildman–Crippen LogP) is 2.65. The van der Waals surface area contributed by atoms with E-state index in [1.165, 1.54) is 14.0 Å². The zero-order valence-electron chi connectivity index (χ0n) is 9.16. The molecule has 1 aromatic carbocycles. The van der Waals surface area contributed by atoms with Gasteiger partial charge in [-0.3, -0.25) is 0 Å². The molecule has 1 atom stereocenters. The first-order valence-electron chi connectivity index (χ1n) is 5.11. The number of aliphatic hydroxyl groups excluding tert-OH is 1. The average Bonchev–Trinajstić information content (AvgIpc) is 2.25. The van der Waals surface area contributed by atoms with Gasteiger partial charge in [-0.25, -0.2) is 4.39 Å². The molecule has 0 fully saturated rings. The molecule has 84 valence electrons. The Hall–Kier alpha value is -1.09. The van der Waals surface area contributed by atoms with Crippen molar-refractivity contribution < 1.29 is 14.2 Å². The number of aryl methyl sites for hydroxylation is 1. The number of hydrogen-bond acceptors (Lipinski definition) is 2. The Balaban J connectivity index is 3.02. The third-order valence-electron chi connectivity index (χ3n) is 2.38. The van der Waals surface area contributed by atoms with E-state index in [9.17, 15) is 4.39 Å². The van der Waals surface area contributed by atoms with Crippen LogP contribution in [0.5, 0.6) is 5.75 Å². The van der Waals surface area contributed by atoms with E-state index in [4.69, 9.17) is 9.84 Å². The minimum absolute atomic E-state index is 0.122. The molecular weight excluding hydrogens is 195 g/mol. The normalized spacial score (nSPS) is 12.5. The summed E-state index contributed by atoms with van der Waals surface area (Å²) in [6.45, 7) is 1.62. The molecule has 0 bridgehead atoms. The lowest BCUT2D eigenvalue weighted by atomic mass is 9.99. The van der Waals surface area contributed by atoms with E-state index in [1.54, 1.807) is 6.07 Å². The van der Waals surface area contributed by atoms with Crippen LogP contribution in [0.3, 0.4) is 0 Å². The van der Waals surface area contributed by atoms with Gasteiger partial charge in [0.25, 0.3) is 0 Å². The first-order valence-corrected chi connectivity index (χ1v) is 5.11. The maximum Gasteiger partial charge on any atom is 0.126 e. The molecule has 2 nitrogen and oxygen atoms in total. The molecule has 0 heterocycles. The maximum atomic E-state index is 13.4. The Morgan fingerprint density at radius 1 is 1.47 bits per heavy atom. The van der Waals surface area contributed by atoms with Crippen LogP contribution in [0.1, 0.15) is 30.6 Å². The van der Waals surface area contributed by atoms with E-state index >= 15 is 0 Å². The van der Waals surface area contributed by atoms with Crippen LogP contribution in [0, 0.1) is 0 Å². The minimum Gasteiger partial charge on any atom is -0.496 e. The summed E-state index contributed by atoms with van der Waals surface area (Å²) in [7, 11) is 1.54. The van der Waals surface area contributed by atoms with Gasteiger partial charge in [0.2, 0.25) is 0 Å². The summed E-state index contributed by atoms with van der Waals surface area (Å²) in [5.74, 6) is 0.584. The molecule has 1 rings (SSSR count). The molecular formula is C12H17FO2. The quantitative estimate of drug-likeness (QED) is 0.813. The Kier molecular flexibility index (Phi) is 4.56. The van der Waals surface area contributed by atoms with Crippen LogP contribution >= 0.6 is 0 Å². The van der Waals surface area contributed by atoms with Gasteiger partial charge < -0.3 is 9.84 Å². The Morgan fingerprint density at radius 2 is 2.20 bits per heavy atom. The second kappa shape index (κ2) is 5.71. The lowest BCUT2D eigenvalue weighted by Gasteiger charge is -2.14. The monoisotopic (exact) mass is 212 g/mol. The van der Waals surface area contributed by atoms with Gasteiger partial charge in [-0.2, -0.15) is 0 Å². The van der Waals surface area contributed by atoms with E-state index < -0.39 is 6.17 Å². The summed E-state index contributed by atoms with van der Waals surface area (Å²) in [4.78, 5) is 0. The van der Waals surface area contributed by atoms with E-state index in [0.717, 1.165) is 5.56 Å². The predicted molar refractivity (Wildman–Crippen MR) is 57.9 cm³/mol. The van der Waals surface area contributed by atoms with Crippen molar-refractivity contribution >= 4 is 0 Å². The van der Waals surface area contributed by atoms with Gasteiger partial charge in [-0.1, -0.05) is 12.1 Å². The number of benzene rings is 1. The Labute approximate surface area is 89.7 Å². The van der Waals surface area contributed by atoms with Crippen LogP contribution in [0.25, 0.3) is 0 Å². The van der Waals surface area contributed by atoms with E-state index in [0.29, 0.717) is 24.2 Å². The van der Waals surface area contributed by atoms with Crippen LogP contribution < -0.4 is 4.74 Å². The van der Waals surface area contributed by atoms with Crippen molar-refractivity contribution in [3.05, 3.63) is 29.3 Å². The van der Waals surface area contributed by atoms with Crippen LogP contribution in [-0.2, 0) is 6.42 Å². The van der Waals surface area contributed by atoms with Crippen molar-refractivity contribution in [2.24, 2.45) is 0 Å². The van der Waals surface area contributed by atoms with E-state index in [2.05, 4.69) is 0 Å². The van der Waals surface area contributed by atoms with E-state index in [1.807, 2.05) is 12.1 Å². The van der Waals surface area contributed by atoms with Gasteiger partial charge in [-0.05, 0) is 31.4 Å². The van der Waals surface area contributed by atoms with E-state index in [-0.39, 0.29) is 6.61 Å². The molecule has 0 aliphatic heterocycles. The average molecular weight is 212 g/mol. The second-order valence-electron chi connectivity index (χ2n) is 3.48. The smallest absolute Gasteiger partial charge is 0.126 e. The van der Waals surface area contributed by atoms with Crippen molar-refractivity contribution in [3.8, 4) is 5.75 Å². The second-order valence-corrected chi connectivity index (χ2v) is 3.48. The standard InChI is InChI=1S/C12H17FO2/c1-9(13)12-10(6-4-8-14)5-3-7-11(12)15-2/h3,5,7,9,14H,4,6,8H2,1-2H3. The van der Waals surface area contributed by atoms with Crippen LogP contribution in [0.4, 0.5) is 4.39 Å². The van der Waals surface area contributed by atoms with Crippen molar-refractivity contribution in [1.82, 2.24) is 0 Å². The van der Waals surface area contributed by atoms with Crippen molar-refractivity contribution in [1.29, 1.82) is 0 Å². The molecule has 0 aromatic heterocycles. The third kappa shape index (κ3) is 2.93. The highest BCUT2D eigenvalue weighted by molar-refractivity contribution is 5.41. The number of rotatable bonds is 5. The van der Waals surface area contributed by atoms with Gasteiger partial charge >= 0.3 is 0 Å². The van der Waals surface area contributed by atoms with Gasteiger partial charge in [-0.15, -0.1) is 0 Å². The molecule has 3 heteroatoms. The fourth-order valence-corrected chi connectivity index (χ4v) is 1.71. The van der Waals surface area contributed by atoms with Crippen molar-refractivity contribution in [2.45, 2.75) is 25.9 Å². The number of halogens is 1. The molecule has 0 amide bonds. The lowest BCUT2D eigenvalue weighted by molar-refractivity contribution is 0.287. The fraction of sp³-hybridized carbons (Fsp3) is 0.500. The molecule has 0 radical (unpaired) electrons. The Morgan fingerprint density at radius 3 is 2.73 bits per heavy atom. The summed E-state index contributed by atoms with van der Waals surface area (Å²) < 4.78 is 18.6. The number of ether oxygens (including phenoxy) is 1. The molecule has 1 unspecified atom stereocenters. The zero-order chi connectivity index (χ0) is 11.3. The fourth-order valence-electron chi connectivity index (χ4n) is 1.71. The summed E-state index contributed by atoms with van der Waals surface area (Å²) in [6, 6.07) is 5.48. The largest absolute Gasteiger partial charge is 0.496 e. The number of methoxy groups -OCH3 is 1. The number of hydrogen-bond donors (Lipinski definition) is 1. The van der Waals surface area contributed by atoms with Gasteiger partial charge in [0.15, 0.2) is 0 Å². The van der Waals surface area contributed by atoms with Gasteiger partial charge in [0.1, 0.15) is 11.9 Å². The Bertz CT molecular complexity index is 310. The summed E-state index contributed by atoms with van der Waals surface area (Å²) in [6.07, 6.45) is 0.277.